The summed E-state index contributed by atoms with van der Waals surface area (Å²) in [6.07, 6.45) is 1.49. The van der Waals surface area contributed by atoms with Crippen molar-refractivity contribution in [2.45, 2.75) is 32.7 Å². The molecule has 0 aromatic heterocycles. The molecule has 138 valence electrons. The molecule has 3 nitrogen and oxygen atoms in total. The van der Waals surface area contributed by atoms with Crippen LogP contribution in [0.15, 0.2) is 42.5 Å². The Bertz CT molecular complexity index is 793. The topological polar surface area (TPSA) is 38.3 Å². The highest BCUT2D eigenvalue weighted by molar-refractivity contribution is 6.30. The molecule has 3 rings (SSSR count). The molecule has 1 saturated heterocycles. The van der Waals surface area contributed by atoms with Crippen LogP contribution in [0.2, 0.25) is 5.02 Å². The smallest absolute Gasteiger partial charge is 0.228 e. The van der Waals surface area contributed by atoms with Crippen LogP contribution in [0.4, 0.5) is 4.39 Å². The van der Waals surface area contributed by atoms with Crippen molar-refractivity contribution >= 4 is 17.5 Å². The third-order valence-corrected chi connectivity index (χ3v) is 5.12. The molecule has 0 unspecified atom stereocenters. The van der Waals surface area contributed by atoms with E-state index in [1.54, 1.807) is 6.07 Å². The third-order valence-electron chi connectivity index (χ3n) is 4.88. The minimum atomic E-state index is -0.468. The summed E-state index contributed by atoms with van der Waals surface area (Å²) < 4.78 is 19.5. The van der Waals surface area contributed by atoms with E-state index in [0.29, 0.717) is 23.8 Å². The van der Waals surface area contributed by atoms with E-state index in [9.17, 15) is 9.18 Å². The molecule has 2 aromatic carbocycles. The second kappa shape index (κ2) is 7.77. The van der Waals surface area contributed by atoms with Gasteiger partial charge in [-0.05, 0) is 56.0 Å². The molecule has 1 N–H and O–H groups in total. The first-order valence-electron chi connectivity index (χ1n) is 8.84. The molecule has 0 aliphatic carbocycles. The van der Waals surface area contributed by atoms with Gasteiger partial charge in [0.15, 0.2) is 0 Å². The SMILES string of the molecule is CCOC[C@]1(C)C[C@@H](Cc2ccc(-c3cc(Cl)ccc3F)cc2)NC1=O. The summed E-state index contributed by atoms with van der Waals surface area (Å²) in [5.74, 6) is -0.245. The second-order valence-corrected chi connectivity index (χ2v) is 7.53. The van der Waals surface area contributed by atoms with E-state index < -0.39 is 5.41 Å². The Hall–Kier alpha value is -1.91. The minimum absolute atomic E-state index is 0.0496. The second-order valence-electron chi connectivity index (χ2n) is 7.10. The summed E-state index contributed by atoms with van der Waals surface area (Å²) in [6.45, 7) is 4.93. The Labute approximate surface area is 158 Å². The van der Waals surface area contributed by atoms with Gasteiger partial charge in [-0.2, -0.15) is 0 Å². The van der Waals surface area contributed by atoms with Crippen LogP contribution < -0.4 is 5.32 Å². The molecule has 1 aliphatic heterocycles. The fraction of sp³-hybridized carbons (Fsp3) is 0.381. The average Bonchev–Trinajstić information content (AvgIpc) is 2.90. The lowest BCUT2D eigenvalue weighted by Crippen LogP contribution is -2.33. The molecule has 0 bridgehead atoms. The van der Waals surface area contributed by atoms with Crippen molar-refractivity contribution < 1.29 is 13.9 Å². The van der Waals surface area contributed by atoms with Crippen LogP contribution in [0.3, 0.4) is 0 Å². The maximum Gasteiger partial charge on any atom is 0.228 e. The molecule has 2 aromatic rings. The van der Waals surface area contributed by atoms with Crippen LogP contribution in [0.25, 0.3) is 11.1 Å². The van der Waals surface area contributed by atoms with Crippen molar-refractivity contribution in [3.8, 4) is 11.1 Å². The number of benzene rings is 2. The van der Waals surface area contributed by atoms with Crippen LogP contribution in [0, 0.1) is 11.2 Å². The van der Waals surface area contributed by atoms with E-state index in [-0.39, 0.29) is 17.8 Å². The van der Waals surface area contributed by atoms with Crippen molar-refractivity contribution in [1.29, 1.82) is 0 Å². The highest BCUT2D eigenvalue weighted by Crippen LogP contribution is 2.32. The number of hydrogen-bond acceptors (Lipinski definition) is 2. The maximum absolute atomic E-state index is 14.0. The Morgan fingerprint density at radius 3 is 2.69 bits per heavy atom. The summed E-state index contributed by atoms with van der Waals surface area (Å²) in [6, 6.07) is 12.3. The van der Waals surface area contributed by atoms with Crippen LogP contribution in [0.5, 0.6) is 0 Å². The monoisotopic (exact) mass is 375 g/mol. The Morgan fingerprint density at radius 1 is 1.27 bits per heavy atom. The van der Waals surface area contributed by atoms with Gasteiger partial charge in [-0.25, -0.2) is 4.39 Å². The van der Waals surface area contributed by atoms with Gasteiger partial charge >= 0.3 is 0 Å². The lowest BCUT2D eigenvalue weighted by Gasteiger charge is -2.20. The lowest BCUT2D eigenvalue weighted by atomic mass is 9.86. The number of ether oxygens (including phenoxy) is 1. The predicted octanol–water partition coefficient (Wildman–Crippen LogP) is 4.62. The van der Waals surface area contributed by atoms with Gasteiger partial charge in [-0.3, -0.25) is 4.79 Å². The summed E-state index contributed by atoms with van der Waals surface area (Å²) >= 11 is 5.97. The van der Waals surface area contributed by atoms with Crippen LogP contribution in [-0.4, -0.2) is 25.2 Å². The first-order chi connectivity index (χ1) is 12.4. The minimum Gasteiger partial charge on any atom is -0.381 e. The van der Waals surface area contributed by atoms with Crippen molar-refractivity contribution in [3.05, 3.63) is 58.9 Å². The first kappa shape index (κ1) is 18.9. The first-order valence-corrected chi connectivity index (χ1v) is 9.22. The van der Waals surface area contributed by atoms with E-state index in [2.05, 4.69) is 5.32 Å². The molecule has 1 heterocycles. The Kier molecular flexibility index (Phi) is 5.64. The zero-order valence-electron chi connectivity index (χ0n) is 15.0. The van der Waals surface area contributed by atoms with E-state index in [1.165, 1.54) is 12.1 Å². The lowest BCUT2D eigenvalue weighted by molar-refractivity contribution is -0.129. The zero-order chi connectivity index (χ0) is 18.7. The molecule has 1 aliphatic rings. The normalized spacial score (nSPS) is 22.5. The number of halogens is 2. The van der Waals surface area contributed by atoms with Gasteiger partial charge in [0, 0.05) is 23.2 Å². The van der Waals surface area contributed by atoms with Gasteiger partial charge in [-0.1, -0.05) is 35.9 Å². The highest BCUT2D eigenvalue weighted by Gasteiger charge is 2.42. The number of rotatable bonds is 6. The molecule has 1 amide bonds. The van der Waals surface area contributed by atoms with Gasteiger partial charge in [0.1, 0.15) is 5.82 Å². The van der Waals surface area contributed by atoms with Gasteiger partial charge in [-0.15, -0.1) is 0 Å². The van der Waals surface area contributed by atoms with E-state index in [1.807, 2.05) is 38.1 Å². The molecular formula is C21H23ClFNO2. The number of nitrogens with one attached hydrogen (secondary N) is 1. The number of hydrogen-bond donors (Lipinski definition) is 1. The van der Waals surface area contributed by atoms with E-state index >= 15 is 0 Å². The van der Waals surface area contributed by atoms with E-state index in [4.69, 9.17) is 16.3 Å². The summed E-state index contributed by atoms with van der Waals surface area (Å²) in [7, 11) is 0. The van der Waals surface area contributed by atoms with Crippen LogP contribution in [0.1, 0.15) is 25.8 Å². The maximum atomic E-state index is 14.0. The van der Waals surface area contributed by atoms with Crippen LogP contribution >= 0.6 is 11.6 Å². The fourth-order valence-electron chi connectivity index (χ4n) is 3.45. The molecule has 26 heavy (non-hydrogen) atoms. The Morgan fingerprint density at radius 2 is 2.00 bits per heavy atom. The van der Waals surface area contributed by atoms with Gasteiger partial charge < -0.3 is 10.1 Å². The zero-order valence-corrected chi connectivity index (χ0v) is 15.8. The van der Waals surface area contributed by atoms with Gasteiger partial charge in [0.05, 0.1) is 12.0 Å². The molecule has 5 heteroatoms. The van der Waals surface area contributed by atoms with E-state index in [0.717, 1.165) is 24.0 Å². The molecule has 0 radical (unpaired) electrons. The average molecular weight is 376 g/mol. The van der Waals surface area contributed by atoms with Crippen molar-refractivity contribution in [1.82, 2.24) is 5.32 Å². The quantitative estimate of drug-likeness (QED) is 0.800. The summed E-state index contributed by atoms with van der Waals surface area (Å²) in [4.78, 5) is 12.3. The summed E-state index contributed by atoms with van der Waals surface area (Å²) in [5, 5.41) is 3.58. The molecule has 1 fully saturated rings. The van der Waals surface area contributed by atoms with Crippen LogP contribution in [-0.2, 0) is 16.0 Å². The molecule has 0 saturated carbocycles. The largest absolute Gasteiger partial charge is 0.381 e. The van der Waals surface area contributed by atoms with Gasteiger partial charge in [0.2, 0.25) is 5.91 Å². The molecule has 0 spiro atoms. The Balaban J connectivity index is 1.69. The standard InChI is InChI=1S/C21H23ClFNO2/c1-3-26-13-21(2)12-17(24-20(21)25)10-14-4-6-15(7-5-14)18-11-16(22)8-9-19(18)23/h4-9,11,17H,3,10,12-13H2,1-2H3,(H,24,25)/t17-,21+/m1/s1. The van der Waals surface area contributed by atoms with Gasteiger partial charge in [0.25, 0.3) is 0 Å². The molecular weight excluding hydrogens is 353 g/mol. The number of carbonyl (C=O) groups excluding carboxylic acids is 1. The number of amides is 1. The fourth-order valence-corrected chi connectivity index (χ4v) is 3.62. The summed E-state index contributed by atoms with van der Waals surface area (Å²) in [5.41, 5.74) is 1.90. The van der Waals surface area contributed by atoms with Crippen molar-refractivity contribution in [2.24, 2.45) is 5.41 Å². The van der Waals surface area contributed by atoms with Crippen molar-refractivity contribution in [2.75, 3.05) is 13.2 Å². The van der Waals surface area contributed by atoms with Crippen molar-refractivity contribution in [3.63, 3.8) is 0 Å². The third kappa shape index (κ3) is 4.08. The number of carbonyl (C=O) groups is 1. The predicted molar refractivity (Wildman–Crippen MR) is 102 cm³/mol. The highest BCUT2D eigenvalue weighted by atomic mass is 35.5. The molecule has 2 atom stereocenters.